The number of likely N-dealkylation sites (tertiary alicyclic amines) is 1. The summed E-state index contributed by atoms with van der Waals surface area (Å²) in [5, 5.41) is 6.81. The van der Waals surface area contributed by atoms with Crippen LogP contribution in [0.5, 0.6) is 0 Å². The van der Waals surface area contributed by atoms with Crippen LogP contribution in [0.4, 0.5) is 0 Å². The Morgan fingerprint density at radius 1 is 1.20 bits per heavy atom. The second kappa shape index (κ2) is 6.27. The summed E-state index contributed by atoms with van der Waals surface area (Å²) in [7, 11) is 0. The number of carbonyl (C=O) groups is 2. The standard InChI is InChI=1S/C17H20N6O2/c18-15(24)14-8-13(21-22-14)11-2-1-7-23(9-11)17(25)12-5-6-19-16(20-12)10-3-4-10/h5-6,8,10-11H,1-4,7,9H2,(H2,18,24)(H,21,22)/t11-/m0/s1. The van der Waals surface area contributed by atoms with Crippen LogP contribution in [0, 0.1) is 0 Å². The third kappa shape index (κ3) is 3.24. The highest BCUT2D eigenvalue weighted by molar-refractivity contribution is 5.92. The van der Waals surface area contributed by atoms with Gasteiger partial charge in [-0.25, -0.2) is 9.97 Å². The fraction of sp³-hybridized carbons (Fsp3) is 0.471. The maximum absolute atomic E-state index is 12.8. The molecule has 0 aromatic carbocycles. The molecule has 25 heavy (non-hydrogen) atoms. The van der Waals surface area contributed by atoms with E-state index in [4.69, 9.17) is 5.73 Å². The van der Waals surface area contributed by atoms with E-state index in [1.807, 2.05) is 4.90 Å². The summed E-state index contributed by atoms with van der Waals surface area (Å²) < 4.78 is 0. The van der Waals surface area contributed by atoms with Gasteiger partial charge in [0.1, 0.15) is 17.2 Å². The first-order chi connectivity index (χ1) is 12.1. The van der Waals surface area contributed by atoms with Crippen molar-refractivity contribution in [2.24, 2.45) is 5.73 Å². The fourth-order valence-corrected chi connectivity index (χ4v) is 3.28. The molecule has 0 unspecified atom stereocenters. The third-order valence-electron chi connectivity index (χ3n) is 4.83. The van der Waals surface area contributed by atoms with Crippen LogP contribution in [0.1, 0.15) is 70.0 Å². The first kappa shape index (κ1) is 15.7. The lowest BCUT2D eigenvalue weighted by atomic mass is 9.94. The molecule has 3 heterocycles. The SMILES string of the molecule is NC(=O)c1cc([C@H]2CCCN(C(=O)c3ccnc(C4CC4)n3)C2)[nH]n1. The van der Waals surface area contributed by atoms with Crippen molar-refractivity contribution in [3.05, 3.63) is 41.2 Å². The van der Waals surface area contributed by atoms with Crippen molar-refractivity contribution < 1.29 is 9.59 Å². The van der Waals surface area contributed by atoms with Crippen molar-refractivity contribution in [2.75, 3.05) is 13.1 Å². The molecular weight excluding hydrogens is 320 g/mol. The zero-order chi connectivity index (χ0) is 17.4. The predicted molar refractivity (Wildman–Crippen MR) is 89.0 cm³/mol. The van der Waals surface area contributed by atoms with Gasteiger partial charge in [0.25, 0.3) is 11.8 Å². The predicted octanol–water partition coefficient (Wildman–Crippen LogP) is 1.20. The highest BCUT2D eigenvalue weighted by Crippen LogP contribution is 2.37. The number of nitrogens with one attached hydrogen (secondary N) is 1. The number of amides is 2. The lowest BCUT2D eigenvalue weighted by Gasteiger charge is -2.32. The average molecular weight is 340 g/mol. The van der Waals surface area contributed by atoms with Gasteiger partial charge < -0.3 is 10.6 Å². The van der Waals surface area contributed by atoms with E-state index in [0.717, 1.165) is 37.2 Å². The largest absolute Gasteiger partial charge is 0.364 e. The first-order valence-corrected chi connectivity index (χ1v) is 8.59. The van der Waals surface area contributed by atoms with E-state index < -0.39 is 5.91 Å². The van der Waals surface area contributed by atoms with Gasteiger partial charge in [0.05, 0.1) is 0 Å². The summed E-state index contributed by atoms with van der Waals surface area (Å²) in [6.07, 6.45) is 5.70. The van der Waals surface area contributed by atoms with Gasteiger partial charge in [-0.1, -0.05) is 0 Å². The Kier molecular flexibility index (Phi) is 3.95. The van der Waals surface area contributed by atoms with Crippen molar-refractivity contribution >= 4 is 11.8 Å². The molecular formula is C17H20N6O2. The molecule has 130 valence electrons. The number of hydrogen-bond acceptors (Lipinski definition) is 5. The number of piperidine rings is 1. The van der Waals surface area contributed by atoms with Gasteiger partial charge in [-0.2, -0.15) is 5.10 Å². The number of primary amides is 1. The minimum atomic E-state index is -0.556. The molecule has 1 saturated carbocycles. The van der Waals surface area contributed by atoms with Crippen LogP contribution in [0.2, 0.25) is 0 Å². The number of aromatic amines is 1. The Morgan fingerprint density at radius 2 is 2.04 bits per heavy atom. The summed E-state index contributed by atoms with van der Waals surface area (Å²) >= 11 is 0. The quantitative estimate of drug-likeness (QED) is 0.867. The zero-order valence-electron chi connectivity index (χ0n) is 13.8. The summed E-state index contributed by atoms with van der Waals surface area (Å²) in [4.78, 5) is 34.6. The van der Waals surface area contributed by atoms with Crippen molar-refractivity contribution in [1.82, 2.24) is 25.1 Å². The number of carbonyl (C=O) groups excluding carboxylic acids is 2. The molecule has 2 amide bonds. The molecule has 8 heteroatoms. The van der Waals surface area contributed by atoms with E-state index in [2.05, 4.69) is 20.2 Å². The highest BCUT2D eigenvalue weighted by atomic mass is 16.2. The first-order valence-electron chi connectivity index (χ1n) is 8.59. The number of aromatic nitrogens is 4. The minimum absolute atomic E-state index is 0.0661. The van der Waals surface area contributed by atoms with E-state index in [1.54, 1.807) is 18.3 Å². The summed E-state index contributed by atoms with van der Waals surface area (Å²) in [6, 6.07) is 3.36. The third-order valence-corrected chi connectivity index (χ3v) is 4.83. The number of nitrogens with two attached hydrogens (primary N) is 1. The molecule has 1 atom stereocenters. The van der Waals surface area contributed by atoms with Gasteiger partial charge in [-0.15, -0.1) is 0 Å². The maximum Gasteiger partial charge on any atom is 0.272 e. The molecule has 3 N–H and O–H groups in total. The van der Waals surface area contributed by atoms with Crippen LogP contribution >= 0.6 is 0 Å². The Morgan fingerprint density at radius 3 is 2.76 bits per heavy atom. The van der Waals surface area contributed by atoms with E-state index >= 15 is 0 Å². The van der Waals surface area contributed by atoms with Crippen molar-refractivity contribution in [3.63, 3.8) is 0 Å². The highest BCUT2D eigenvalue weighted by Gasteiger charge is 2.30. The lowest BCUT2D eigenvalue weighted by molar-refractivity contribution is 0.0699. The molecule has 1 saturated heterocycles. The second-order valence-electron chi connectivity index (χ2n) is 6.74. The lowest BCUT2D eigenvalue weighted by Crippen LogP contribution is -2.39. The van der Waals surface area contributed by atoms with Crippen LogP contribution in [0.15, 0.2) is 18.3 Å². The molecule has 1 aliphatic carbocycles. The number of nitrogens with zero attached hydrogens (tertiary/aromatic N) is 4. The normalized spacial score (nSPS) is 20.5. The van der Waals surface area contributed by atoms with E-state index in [9.17, 15) is 9.59 Å². The maximum atomic E-state index is 12.8. The van der Waals surface area contributed by atoms with Gasteiger partial charge in [-0.3, -0.25) is 14.7 Å². The molecule has 2 aromatic rings. The van der Waals surface area contributed by atoms with Crippen LogP contribution in [-0.4, -0.2) is 50.0 Å². The van der Waals surface area contributed by atoms with Gasteiger partial charge in [0, 0.05) is 36.8 Å². The number of H-pyrrole nitrogens is 1. The monoisotopic (exact) mass is 340 g/mol. The molecule has 8 nitrogen and oxygen atoms in total. The van der Waals surface area contributed by atoms with E-state index in [0.29, 0.717) is 24.7 Å². The zero-order valence-corrected chi connectivity index (χ0v) is 13.8. The number of rotatable bonds is 4. The Hall–Kier alpha value is -2.77. The molecule has 1 aliphatic heterocycles. The molecule has 0 spiro atoms. The van der Waals surface area contributed by atoms with Crippen molar-refractivity contribution in [2.45, 2.75) is 37.5 Å². The molecule has 2 fully saturated rings. The van der Waals surface area contributed by atoms with Crippen molar-refractivity contribution in [1.29, 1.82) is 0 Å². The van der Waals surface area contributed by atoms with Crippen LogP contribution in [0.3, 0.4) is 0 Å². The van der Waals surface area contributed by atoms with E-state index in [-0.39, 0.29) is 17.5 Å². The van der Waals surface area contributed by atoms with Gasteiger partial charge in [-0.05, 0) is 37.8 Å². The van der Waals surface area contributed by atoms with Gasteiger partial charge >= 0.3 is 0 Å². The van der Waals surface area contributed by atoms with Crippen LogP contribution < -0.4 is 5.73 Å². The van der Waals surface area contributed by atoms with E-state index in [1.165, 1.54) is 0 Å². The molecule has 4 rings (SSSR count). The molecule has 2 aliphatic rings. The Labute approximate surface area is 144 Å². The number of hydrogen-bond donors (Lipinski definition) is 2. The van der Waals surface area contributed by atoms with Crippen molar-refractivity contribution in [3.8, 4) is 0 Å². The second-order valence-corrected chi connectivity index (χ2v) is 6.74. The van der Waals surface area contributed by atoms with Gasteiger partial charge in [0.15, 0.2) is 0 Å². The van der Waals surface area contributed by atoms with Gasteiger partial charge in [0.2, 0.25) is 0 Å². The van der Waals surface area contributed by atoms with Crippen LogP contribution in [0.25, 0.3) is 0 Å². The van der Waals surface area contributed by atoms with Crippen LogP contribution in [-0.2, 0) is 0 Å². The molecule has 0 bridgehead atoms. The summed E-state index contributed by atoms with van der Waals surface area (Å²) in [5.41, 5.74) is 6.78. The Balaban J connectivity index is 1.49. The topological polar surface area (TPSA) is 118 Å². The fourth-order valence-electron chi connectivity index (χ4n) is 3.28. The Bertz CT molecular complexity index is 813. The smallest absolute Gasteiger partial charge is 0.272 e. The minimum Gasteiger partial charge on any atom is -0.364 e. The summed E-state index contributed by atoms with van der Waals surface area (Å²) in [6.45, 7) is 1.27. The average Bonchev–Trinajstić information content (AvgIpc) is 3.37. The molecule has 2 aromatic heterocycles. The summed E-state index contributed by atoms with van der Waals surface area (Å²) in [5.74, 6) is 0.685. The molecule has 0 radical (unpaired) electrons.